The van der Waals surface area contributed by atoms with Crippen LogP contribution in [0.3, 0.4) is 0 Å². The van der Waals surface area contributed by atoms with Crippen molar-refractivity contribution < 1.29 is 5.11 Å². The lowest BCUT2D eigenvalue weighted by molar-refractivity contribution is 0.282. The van der Waals surface area contributed by atoms with Crippen molar-refractivity contribution in [3.63, 3.8) is 0 Å². The first kappa shape index (κ1) is 13.6. The molecule has 0 atom stereocenters. The van der Waals surface area contributed by atoms with Crippen LogP contribution in [0.2, 0.25) is 5.02 Å². The molecule has 1 saturated heterocycles. The Bertz CT molecular complexity index is 394. The summed E-state index contributed by atoms with van der Waals surface area (Å²) >= 11 is 5.93. The van der Waals surface area contributed by atoms with Crippen LogP contribution >= 0.6 is 11.6 Å². The van der Waals surface area contributed by atoms with E-state index in [4.69, 9.17) is 11.6 Å². The molecular weight excluding hydrogens is 250 g/mol. The number of aliphatic hydroxyl groups is 1. The third-order valence-corrected chi connectivity index (χ3v) is 3.77. The van der Waals surface area contributed by atoms with E-state index >= 15 is 0 Å². The van der Waals surface area contributed by atoms with Crippen molar-refractivity contribution in [3.05, 3.63) is 22.8 Å². The van der Waals surface area contributed by atoms with Gasteiger partial charge < -0.3 is 14.9 Å². The van der Waals surface area contributed by atoms with Gasteiger partial charge in [-0.2, -0.15) is 0 Å². The minimum Gasteiger partial charge on any atom is -0.392 e. The molecule has 1 N–H and O–H groups in total. The van der Waals surface area contributed by atoms with Gasteiger partial charge in [-0.05, 0) is 32.0 Å². The number of aliphatic hydroxyl groups excluding tert-OH is 1. The maximum Gasteiger partial charge on any atom is 0.128 e. The summed E-state index contributed by atoms with van der Waals surface area (Å²) in [6.07, 6.45) is 4.24. The highest BCUT2D eigenvalue weighted by Crippen LogP contribution is 2.19. The van der Waals surface area contributed by atoms with Gasteiger partial charge in [0.15, 0.2) is 0 Å². The first-order chi connectivity index (χ1) is 8.70. The normalized spacial score (nSPS) is 16.2. The molecule has 2 rings (SSSR count). The predicted octanol–water partition coefficient (Wildman–Crippen LogP) is 1.76. The molecule has 1 aliphatic heterocycles. The molecule has 1 fully saturated rings. The molecule has 18 heavy (non-hydrogen) atoms. The summed E-state index contributed by atoms with van der Waals surface area (Å²) in [7, 11) is 2.02. The maximum atomic E-state index is 9.19. The van der Waals surface area contributed by atoms with Crippen LogP contribution in [-0.2, 0) is 6.61 Å². The summed E-state index contributed by atoms with van der Waals surface area (Å²) in [5, 5.41) is 9.71. The molecule has 1 aliphatic rings. The van der Waals surface area contributed by atoms with Gasteiger partial charge in [-0.1, -0.05) is 11.6 Å². The second kappa shape index (κ2) is 6.36. The van der Waals surface area contributed by atoms with Crippen LogP contribution in [0.25, 0.3) is 0 Å². The minimum atomic E-state index is -0.0473. The quantitative estimate of drug-likeness (QED) is 0.884. The lowest BCUT2D eigenvalue weighted by Crippen LogP contribution is -2.31. The molecule has 0 bridgehead atoms. The van der Waals surface area contributed by atoms with E-state index in [0.29, 0.717) is 5.02 Å². The summed E-state index contributed by atoms with van der Waals surface area (Å²) in [5.74, 6) is 0.864. The highest BCUT2D eigenvalue weighted by atomic mass is 35.5. The first-order valence-electron chi connectivity index (χ1n) is 6.39. The molecule has 0 aromatic carbocycles. The number of likely N-dealkylation sites (N-methyl/N-ethyl adjacent to an activating group) is 1. The van der Waals surface area contributed by atoms with Crippen molar-refractivity contribution in [2.75, 3.05) is 38.1 Å². The zero-order chi connectivity index (χ0) is 13.0. The van der Waals surface area contributed by atoms with Crippen molar-refractivity contribution in [1.29, 1.82) is 0 Å². The average Bonchev–Trinajstić information content (AvgIpc) is 2.89. The Labute approximate surface area is 113 Å². The molecular formula is C13H20ClN3O. The standard InChI is InChI=1S/C13H20ClN3O/c1-16(6-7-17-4-2-3-5-17)13-8-11(10-18)12(14)9-15-13/h8-9,18H,2-7,10H2,1H3. The average molecular weight is 270 g/mol. The van der Waals surface area contributed by atoms with Gasteiger partial charge in [-0.25, -0.2) is 4.98 Å². The van der Waals surface area contributed by atoms with Crippen LogP contribution in [0.5, 0.6) is 0 Å². The summed E-state index contributed by atoms with van der Waals surface area (Å²) in [6.45, 7) is 4.39. The summed E-state index contributed by atoms with van der Waals surface area (Å²) in [5.41, 5.74) is 0.731. The molecule has 0 spiro atoms. The van der Waals surface area contributed by atoms with Crippen molar-refractivity contribution in [2.45, 2.75) is 19.4 Å². The Hall–Kier alpha value is -0.840. The van der Waals surface area contributed by atoms with Crippen LogP contribution in [0, 0.1) is 0 Å². The monoisotopic (exact) mass is 269 g/mol. The van der Waals surface area contributed by atoms with Crippen molar-refractivity contribution in [3.8, 4) is 0 Å². The Morgan fingerprint density at radius 1 is 1.44 bits per heavy atom. The Balaban J connectivity index is 1.93. The summed E-state index contributed by atoms with van der Waals surface area (Å²) in [6, 6.07) is 1.85. The third-order valence-electron chi connectivity index (χ3n) is 3.43. The molecule has 0 radical (unpaired) electrons. The third kappa shape index (κ3) is 3.34. The van der Waals surface area contributed by atoms with Gasteiger partial charge in [0.1, 0.15) is 5.82 Å². The smallest absolute Gasteiger partial charge is 0.128 e. The zero-order valence-electron chi connectivity index (χ0n) is 10.8. The van der Waals surface area contributed by atoms with Gasteiger partial charge in [0.05, 0.1) is 11.6 Å². The molecule has 0 amide bonds. The number of hydrogen-bond acceptors (Lipinski definition) is 4. The summed E-state index contributed by atoms with van der Waals surface area (Å²) < 4.78 is 0. The van der Waals surface area contributed by atoms with Gasteiger partial charge in [0, 0.05) is 31.9 Å². The predicted molar refractivity (Wildman–Crippen MR) is 74.1 cm³/mol. The largest absolute Gasteiger partial charge is 0.392 e. The fourth-order valence-corrected chi connectivity index (χ4v) is 2.37. The Morgan fingerprint density at radius 2 is 2.17 bits per heavy atom. The van der Waals surface area contributed by atoms with E-state index in [-0.39, 0.29) is 6.61 Å². The van der Waals surface area contributed by atoms with Crippen molar-refractivity contribution >= 4 is 17.4 Å². The van der Waals surface area contributed by atoms with E-state index in [1.807, 2.05) is 13.1 Å². The number of halogens is 1. The van der Waals surface area contributed by atoms with E-state index < -0.39 is 0 Å². The molecule has 5 heteroatoms. The van der Waals surface area contributed by atoms with Crippen LogP contribution < -0.4 is 4.90 Å². The van der Waals surface area contributed by atoms with Crippen LogP contribution in [0.1, 0.15) is 18.4 Å². The van der Waals surface area contributed by atoms with E-state index in [9.17, 15) is 5.11 Å². The maximum absolute atomic E-state index is 9.19. The lowest BCUT2D eigenvalue weighted by atomic mass is 10.2. The molecule has 2 heterocycles. The van der Waals surface area contributed by atoms with E-state index in [2.05, 4.69) is 14.8 Å². The topological polar surface area (TPSA) is 39.6 Å². The highest BCUT2D eigenvalue weighted by Gasteiger charge is 2.13. The fourth-order valence-electron chi connectivity index (χ4n) is 2.21. The highest BCUT2D eigenvalue weighted by molar-refractivity contribution is 6.31. The number of anilines is 1. The zero-order valence-corrected chi connectivity index (χ0v) is 11.5. The first-order valence-corrected chi connectivity index (χ1v) is 6.77. The SMILES string of the molecule is CN(CCN1CCCC1)c1cc(CO)c(Cl)cn1. The van der Waals surface area contributed by atoms with Gasteiger partial charge in [-0.15, -0.1) is 0 Å². The minimum absolute atomic E-state index is 0.0473. The molecule has 0 unspecified atom stereocenters. The molecule has 1 aromatic heterocycles. The van der Waals surface area contributed by atoms with Gasteiger partial charge >= 0.3 is 0 Å². The van der Waals surface area contributed by atoms with Gasteiger partial charge in [0.2, 0.25) is 0 Å². The van der Waals surface area contributed by atoms with Crippen LogP contribution in [0.4, 0.5) is 5.82 Å². The fraction of sp³-hybridized carbons (Fsp3) is 0.615. The molecule has 0 saturated carbocycles. The van der Waals surface area contributed by atoms with Crippen LogP contribution in [0.15, 0.2) is 12.3 Å². The van der Waals surface area contributed by atoms with Gasteiger partial charge in [0.25, 0.3) is 0 Å². The Morgan fingerprint density at radius 3 is 2.83 bits per heavy atom. The summed E-state index contributed by atoms with van der Waals surface area (Å²) in [4.78, 5) is 8.87. The van der Waals surface area contributed by atoms with E-state index in [1.54, 1.807) is 6.20 Å². The van der Waals surface area contributed by atoms with E-state index in [0.717, 1.165) is 24.5 Å². The lowest BCUT2D eigenvalue weighted by Gasteiger charge is -2.22. The molecule has 4 nitrogen and oxygen atoms in total. The number of nitrogens with zero attached hydrogens (tertiary/aromatic N) is 3. The second-order valence-corrected chi connectivity index (χ2v) is 5.17. The van der Waals surface area contributed by atoms with Crippen molar-refractivity contribution in [2.24, 2.45) is 0 Å². The number of likely N-dealkylation sites (tertiary alicyclic amines) is 1. The second-order valence-electron chi connectivity index (χ2n) is 4.76. The number of rotatable bonds is 5. The van der Waals surface area contributed by atoms with Crippen LogP contribution in [-0.4, -0.2) is 48.2 Å². The number of pyridine rings is 1. The van der Waals surface area contributed by atoms with E-state index in [1.165, 1.54) is 25.9 Å². The van der Waals surface area contributed by atoms with Gasteiger partial charge in [-0.3, -0.25) is 0 Å². The Kier molecular flexibility index (Phi) is 4.80. The molecule has 100 valence electrons. The molecule has 1 aromatic rings. The van der Waals surface area contributed by atoms with Crippen molar-refractivity contribution in [1.82, 2.24) is 9.88 Å². The number of aromatic nitrogens is 1. The number of hydrogen-bond donors (Lipinski definition) is 1. The molecule has 0 aliphatic carbocycles.